The fraction of sp³-hybridized carbons (Fsp3) is 0.842. The van der Waals surface area contributed by atoms with Gasteiger partial charge in [-0.1, -0.05) is 0 Å². The normalized spacial score (nSPS) is 20.0. The van der Waals surface area contributed by atoms with Crippen LogP contribution in [0.2, 0.25) is 0 Å². The number of hydrogen-bond acceptors (Lipinski definition) is 3. The molecule has 1 saturated heterocycles. The lowest BCUT2D eigenvalue weighted by molar-refractivity contribution is 0.00791. The molecule has 4 nitrogen and oxygen atoms in total. The third-order valence-electron chi connectivity index (χ3n) is 4.12. The maximum absolute atomic E-state index is 12.4. The fourth-order valence-corrected chi connectivity index (χ4v) is 3.00. The molecule has 1 rings (SSSR count). The molecular weight excluding hydrogens is 288 g/mol. The van der Waals surface area contributed by atoms with Crippen molar-refractivity contribution in [2.24, 2.45) is 0 Å². The summed E-state index contributed by atoms with van der Waals surface area (Å²) in [6, 6.07) is 0.681. The molecule has 132 valence electrons. The second-order valence-electron chi connectivity index (χ2n) is 7.58. The molecule has 2 unspecified atom stereocenters. The zero-order valence-electron chi connectivity index (χ0n) is 15.4. The van der Waals surface area contributed by atoms with E-state index in [2.05, 4.69) is 18.2 Å². The highest BCUT2D eigenvalue weighted by Crippen LogP contribution is 2.23. The molecule has 0 spiro atoms. The van der Waals surface area contributed by atoms with Gasteiger partial charge in [-0.15, -0.1) is 12.3 Å². The van der Waals surface area contributed by atoms with Crippen LogP contribution in [0, 0.1) is 12.3 Å². The first-order chi connectivity index (χ1) is 10.8. The van der Waals surface area contributed by atoms with Crippen LogP contribution in [0.5, 0.6) is 0 Å². The first-order valence-corrected chi connectivity index (χ1v) is 9.00. The van der Waals surface area contributed by atoms with Crippen molar-refractivity contribution in [1.29, 1.82) is 0 Å². The SMILES string of the molecule is C#CCCCCNC(C)CC1CCCCN1C(=O)OC(C)(C)C. The van der Waals surface area contributed by atoms with Gasteiger partial charge in [-0.3, -0.25) is 0 Å². The first kappa shape index (κ1) is 19.8. The molecule has 0 aromatic carbocycles. The predicted molar refractivity (Wildman–Crippen MR) is 95.3 cm³/mol. The molecule has 1 amide bonds. The predicted octanol–water partition coefficient (Wildman–Crippen LogP) is 3.95. The molecular formula is C19H34N2O2. The summed E-state index contributed by atoms with van der Waals surface area (Å²) in [5.74, 6) is 2.67. The average Bonchev–Trinajstić information content (AvgIpc) is 2.45. The maximum atomic E-state index is 12.4. The van der Waals surface area contributed by atoms with Gasteiger partial charge in [0.1, 0.15) is 5.60 Å². The first-order valence-electron chi connectivity index (χ1n) is 9.00. The molecule has 1 fully saturated rings. The molecule has 23 heavy (non-hydrogen) atoms. The van der Waals surface area contributed by atoms with E-state index in [1.807, 2.05) is 25.7 Å². The van der Waals surface area contributed by atoms with Crippen LogP contribution in [0.15, 0.2) is 0 Å². The summed E-state index contributed by atoms with van der Waals surface area (Å²) in [6.07, 6.45) is 12.4. The minimum Gasteiger partial charge on any atom is -0.444 e. The van der Waals surface area contributed by atoms with Gasteiger partial charge < -0.3 is 15.0 Å². The van der Waals surface area contributed by atoms with Crippen molar-refractivity contribution in [2.75, 3.05) is 13.1 Å². The quantitative estimate of drug-likeness (QED) is 0.570. The molecule has 0 aromatic rings. The van der Waals surface area contributed by atoms with Crippen molar-refractivity contribution >= 4 is 6.09 Å². The summed E-state index contributed by atoms with van der Waals surface area (Å²) in [5, 5.41) is 3.55. The molecule has 1 aliphatic heterocycles. The smallest absolute Gasteiger partial charge is 0.410 e. The van der Waals surface area contributed by atoms with E-state index in [1.165, 1.54) is 6.42 Å². The number of rotatable bonds is 7. The van der Waals surface area contributed by atoms with Crippen molar-refractivity contribution in [3.05, 3.63) is 0 Å². The van der Waals surface area contributed by atoms with Crippen molar-refractivity contribution in [2.45, 2.75) is 90.3 Å². The molecule has 0 radical (unpaired) electrons. The number of carbonyl (C=O) groups is 1. The van der Waals surface area contributed by atoms with Gasteiger partial charge in [-0.05, 0) is 72.8 Å². The van der Waals surface area contributed by atoms with E-state index < -0.39 is 5.60 Å². The Morgan fingerprint density at radius 3 is 2.78 bits per heavy atom. The number of amides is 1. The average molecular weight is 322 g/mol. The monoisotopic (exact) mass is 322 g/mol. The van der Waals surface area contributed by atoms with Gasteiger partial charge in [0.25, 0.3) is 0 Å². The molecule has 0 aliphatic carbocycles. The zero-order valence-corrected chi connectivity index (χ0v) is 15.4. The van der Waals surface area contributed by atoms with Crippen LogP contribution in [-0.4, -0.2) is 41.8 Å². The van der Waals surface area contributed by atoms with Crippen molar-refractivity contribution in [3.8, 4) is 12.3 Å². The number of piperidine rings is 1. The van der Waals surface area contributed by atoms with E-state index in [9.17, 15) is 4.79 Å². The lowest BCUT2D eigenvalue weighted by Gasteiger charge is -2.38. The molecule has 1 aliphatic rings. The van der Waals surface area contributed by atoms with E-state index in [4.69, 9.17) is 11.2 Å². The number of likely N-dealkylation sites (tertiary alicyclic amines) is 1. The number of hydrogen-bond donors (Lipinski definition) is 1. The van der Waals surface area contributed by atoms with Crippen LogP contribution in [0.3, 0.4) is 0 Å². The summed E-state index contributed by atoms with van der Waals surface area (Å²) in [5.41, 5.74) is -0.431. The number of terminal acetylenes is 1. The highest BCUT2D eigenvalue weighted by molar-refractivity contribution is 5.68. The molecule has 2 atom stereocenters. The third kappa shape index (κ3) is 8.27. The summed E-state index contributed by atoms with van der Waals surface area (Å²) in [6.45, 7) is 9.76. The van der Waals surface area contributed by atoms with E-state index in [0.29, 0.717) is 6.04 Å². The Bertz CT molecular complexity index is 395. The summed E-state index contributed by atoms with van der Waals surface area (Å²) in [4.78, 5) is 14.3. The van der Waals surface area contributed by atoms with E-state index in [1.54, 1.807) is 0 Å². The lowest BCUT2D eigenvalue weighted by atomic mass is 9.96. The van der Waals surface area contributed by atoms with E-state index in [-0.39, 0.29) is 12.1 Å². The Kier molecular flexibility index (Phi) is 8.47. The summed E-state index contributed by atoms with van der Waals surface area (Å²) < 4.78 is 5.56. The number of ether oxygens (including phenoxy) is 1. The highest BCUT2D eigenvalue weighted by Gasteiger charge is 2.31. The van der Waals surface area contributed by atoms with Gasteiger partial charge in [0.05, 0.1) is 0 Å². The molecule has 1 heterocycles. The Labute approximate surface area is 142 Å². The minimum atomic E-state index is -0.431. The van der Waals surface area contributed by atoms with E-state index >= 15 is 0 Å². The van der Waals surface area contributed by atoms with Gasteiger partial charge in [0.15, 0.2) is 0 Å². The summed E-state index contributed by atoms with van der Waals surface area (Å²) >= 11 is 0. The minimum absolute atomic E-state index is 0.163. The number of nitrogens with one attached hydrogen (secondary N) is 1. The van der Waals surface area contributed by atoms with Gasteiger partial charge in [0.2, 0.25) is 0 Å². The second kappa shape index (κ2) is 9.82. The van der Waals surface area contributed by atoms with Crippen LogP contribution >= 0.6 is 0 Å². The van der Waals surface area contributed by atoms with Crippen LogP contribution in [0.25, 0.3) is 0 Å². The second-order valence-corrected chi connectivity index (χ2v) is 7.58. The largest absolute Gasteiger partial charge is 0.444 e. The van der Waals surface area contributed by atoms with Crippen LogP contribution in [-0.2, 0) is 4.74 Å². The van der Waals surface area contributed by atoms with Crippen molar-refractivity contribution in [3.63, 3.8) is 0 Å². The Morgan fingerprint density at radius 2 is 2.13 bits per heavy atom. The maximum Gasteiger partial charge on any atom is 0.410 e. The number of carbonyl (C=O) groups excluding carboxylic acids is 1. The topological polar surface area (TPSA) is 41.6 Å². The Hall–Kier alpha value is -1.21. The van der Waals surface area contributed by atoms with Gasteiger partial charge >= 0.3 is 6.09 Å². The lowest BCUT2D eigenvalue weighted by Crippen LogP contribution is -2.48. The number of nitrogens with zero attached hydrogens (tertiary/aromatic N) is 1. The molecule has 1 N–H and O–H groups in total. The Morgan fingerprint density at radius 1 is 1.39 bits per heavy atom. The van der Waals surface area contributed by atoms with Gasteiger partial charge in [-0.25, -0.2) is 4.79 Å². The van der Waals surface area contributed by atoms with Crippen LogP contribution in [0.1, 0.15) is 72.6 Å². The third-order valence-corrected chi connectivity index (χ3v) is 4.12. The molecule has 0 saturated carbocycles. The number of unbranched alkanes of at least 4 members (excludes halogenated alkanes) is 2. The highest BCUT2D eigenvalue weighted by atomic mass is 16.6. The molecule has 4 heteroatoms. The zero-order chi connectivity index (χ0) is 17.3. The van der Waals surface area contributed by atoms with Crippen LogP contribution < -0.4 is 5.32 Å². The molecule has 0 aromatic heterocycles. The van der Waals surface area contributed by atoms with Crippen molar-refractivity contribution in [1.82, 2.24) is 10.2 Å². The van der Waals surface area contributed by atoms with Crippen LogP contribution in [0.4, 0.5) is 4.79 Å². The summed E-state index contributed by atoms with van der Waals surface area (Å²) in [7, 11) is 0. The fourth-order valence-electron chi connectivity index (χ4n) is 3.00. The molecule has 0 bridgehead atoms. The van der Waals surface area contributed by atoms with E-state index in [0.717, 1.165) is 51.6 Å². The van der Waals surface area contributed by atoms with Gasteiger partial charge in [0, 0.05) is 25.0 Å². The standard InChI is InChI=1S/C19H34N2O2/c1-6-7-8-10-13-20-16(2)15-17-12-9-11-14-21(17)18(22)23-19(3,4)5/h1,16-17,20H,7-15H2,2-5H3. The van der Waals surface area contributed by atoms with Crippen molar-refractivity contribution < 1.29 is 9.53 Å². The Balaban J connectivity index is 2.42. The van der Waals surface area contributed by atoms with Gasteiger partial charge in [-0.2, -0.15) is 0 Å².